The molecular formula is C12H11BrN2O2S. The van der Waals surface area contributed by atoms with Crippen LogP contribution in [-0.2, 0) is 6.54 Å². The Morgan fingerprint density at radius 1 is 1.61 bits per heavy atom. The van der Waals surface area contributed by atoms with E-state index in [1.807, 2.05) is 23.4 Å². The van der Waals surface area contributed by atoms with E-state index in [0.717, 1.165) is 9.35 Å². The van der Waals surface area contributed by atoms with E-state index in [4.69, 9.17) is 5.11 Å². The lowest BCUT2D eigenvalue weighted by molar-refractivity contribution is 0.0697. The van der Waals surface area contributed by atoms with Crippen molar-refractivity contribution >= 4 is 38.9 Å². The summed E-state index contributed by atoms with van der Waals surface area (Å²) in [6, 6.07) is 3.54. The molecular weight excluding hydrogens is 316 g/mol. The smallest absolute Gasteiger partial charge is 0.337 e. The Balaban J connectivity index is 2.23. The highest BCUT2D eigenvalue weighted by Gasteiger charge is 2.14. The first-order valence-electron chi connectivity index (χ1n) is 5.19. The molecule has 2 aromatic rings. The number of aromatic nitrogens is 1. The van der Waals surface area contributed by atoms with Gasteiger partial charge in [-0.05, 0) is 28.1 Å². The number of nitrogens with zero attached hydrogens (tertiary/aromatic N) is 2. The lowest BCUT2D eigenvalue weighted by Gasteiger charge is -2.19. The fourth-order valence-corrected chi connectivity index (χ4v) is 3.13. The summed E-state index contributed by atoms with van der Waals surface area (Å²) in [6.45, 7) is 0.655. The van der Waals surface area contributed by atoms with Gasteiger partial charge in [0, 0.05) is 28.0 Å². The number of anilines is 1. The second-order valence-electron chi connectivity index (χ2n) is 3.79. The minimum atomic E-state index is -0.938. The van der Waals surface area contributed by atoms with Crippen molar-refractivity contribution in [1.82, 2.24) is 4.98 Å². The molecule has 0 spiro atoms. The summed E-state index contributed by atoms with van der Waals surface area (Å²) >= 11 is 5.03. The number of carboxylic acids is 1. The van der Waals surface area contributed by atoms with E-state index in [0.29, 0.717) is 12.2 Å². The molecule has 2 heterocycles. The van der Waals surface area contributed by atoms with E-state index in [9.17, 15) is 4.79 Å². The van der Waals surface area contributed by atoms with Crippen molar-refractivity contribution in [3.8, 4) is 0 Å². The number of rotatable bonds is 4. The molecule has 0 atom stereocenters. The predicted octanol–water partition coefficient (Wildman–Crippen LogP) is 3.24. The zero-order valence-electron chi connectivity index (χ0n) is 9.63. The van der Waals surface area contributed by atoms with Crippen LogP contribution in [0.4, 0.5) is 5.69 Å². The fourth-order valence-electron chi connectivity index (χ4n) is 1.63. The van der Waals surface area contributed by atoms with E-state index < -0.39 is 5.97 Å². The van der Waals surface area contributed by atoms with Crippen LogP contribution in [0.25, 0.3) is 0 Å². The van der Waals surface area contributed by atoms with Crippen LogP contribution in [0, 0.1) is 0 Å². The first-order chi connectivity index (χ1) is 8.58. The normalized spacial score (nSPS) is 10.3. The molecule has 4 nitrogen and oxygen atoms in total. The van der Waals surface area contributed by atoms with E-state index in [-0.39, 0.29) is 5.56 Å². The minimum Gasteiger partial charge on any atom is -0.478 e. The second kappa shape index (κ2) is 5.49. The van der Waals surface area contributed by atoms with Gasteiger partial charge in [0.2, 0.25) is 0 Å². The third-order valence-corrected chi connectivity index (χ3v) is 4.14. The number of carbonyl (C=O) groups is 1. The molecule has 1 N–H and O–H groups in total. The molecule has 2 rings (SSSR count). The Morgan fingerprint density at radius 2 is 2.39 bits per heavy atom. The van der Waals surface area contributed by atoms with Crippen LogP contribution in [0.2, 0.25) is 0 Å². The fraction of sp³-hybridized carbons (Fsp3) is 0.167. The first-order valence-corrected chi connectivity index (χ1v) is 6.86. The molecule has 0 unspecified atom stereocenters. The SMILES string of the molecule is CN(Cc1cc(Br)cs1)c1cnccc1C(=O)O. The number of pyridine rings is 1. The predicted molar refractivity (Wildman–Crippen MR) is 75.3 cm³/mol. The van der Waals surface area contributed by atoms with Crippen molar-refractivity contribution in [3.63, 3.8) is 0 Å². The largest absolute Gasteiger partial charge is 0.478 e. The third-order valence-electron chi connectivity index (χ3n) is 2.46. The number of halogens is 1. The van der Waals surface area contributed by atoms with Crippen LogP contribution in [-0.4, -0.2) is 23.1 Å². The van der Waals surface area contributed by atoms with Gasteiger partial charge < -0.3 is 10.0 Å². The van der Waals surface area contributed by atoms with Crippen molar-refractivity contribution in [2.24, 2.45) is 0 Å². The van der Waals surface area contributed by atoms with Crippen LogP contribution in [0.1, 0.15) is 15.2 Å². The van der Waals surface area contributed by atoms with Gasteiger partial charge in [-0.3, -0.25) is 4.98 Å². The highest BCUT2D eigenvalue weighted by Crippen LogP contribution is 2.24. The average molecular weight is 327 g/mol. The molecule has 0 aromatic carbocycles. The molecule has 0 fully saturated rings. The Kier molecular flexibility index (Phi) is 3.98. The van der Waals surface area contributed by atoms with Crippen LogP contribution < -0.4 is 4.90 Å². The summed E-state index contributed by atoms with van der Waals surface area (Å²) in [5.41, 5.74) is 0.887. The molecule has 0 aliphatic heterocycles. The number of thiophene rings is 1. The maximum Gasteiger partial charge on any atom is 0.337 e. The van der Waals surface area contributed by atoms with Crippen molar-refractivity contribution in [2.75, 3.05) is 11.9 Å². The number of aromatic carboxylic acids is 1. The van der Waals surface area contributed by atoms with Crippen LogP contribution in [0.5, 0.6) is 0 Å². The van der Waals surface area contributed by atoms with Gasteiger partial charge >= 0.3 is 5.97 Å². The van der Waals surface area contributed by atoms with Gasteiger partial charge in [0.1, 0.15) is 0 Å². The van der Waals surface area contributed by atoms with Gasteiger partial charge in [-0.2, -0.15) is 0 Å². The van der Waals surface area contributed by atoms with Crippen molar-refractivity contribution < 1.29 is 9.90 Å². The van der Waals surface area contributed by atoms with Crippen molar-refractivity contribution in [1.29, 1.82) is 0 Å². The molecule has 0 saturated heterocycles. The molecule has 0 aliphatic rings. The number of hydrogen-bond acceptors (Lipinski definition) is 4. The number of hydrogen-bond donors (Lipinski definition) is 1. The van der Waals surface area contributed by atoms with Crippen LogP contribution in [0.15, 0.2) is 34.4 Å². The first kappa shape index (κ1) is 13.0. The molecule has 0 amide bonds. The Bertz CT molecular complexity index is 571. The minimum absolute atomic E-state index is 0.267. The van der Waals surface area contributed by atoms with Gasteiger partial charge in [0.05, 0.1) is 24.0 Å². The monoisotopic (exact) mass is 326 g/mol. The van der Waals surface area contributed by atoms with Crippen LogP contribution >= 0.6 is 27.3 Å². The highest BCUT2D eigenvalue weighted by molar-refractivity contribution is 9.10. The number of carboxylic acid groups (broad SMARTS) is 1. The van der Waals surface area contributed by atoms with Gasteiger partial charge in [0.15, 0.2) is 0 Å². The summed E-state index contributed by atoms with van der Waals surface area (Å²) in [4.78, 5) is 18.1. The molecule has 2 aromatic heterocycles. The lowest BCUT2D eigenvalue weighted by Crippen LogP contribution is -2.19. The molecule has 0 radical (unpaired) electrons. The maximum absolute atomic E-state index is 11.1. The van der Waals surface area contributed by atoms with E-state index >= 15 is 0 Å². The molecule has 0 bridgehead atoms. The van der Waals surface area contributed by atoms with E-state index in [2.05, 4.69) is 20.9 Å². The van der Waals surface area contributed by atoms with E-state index in [1.54, 1.807) is 17.5 Å². The molecule has 94 valence electrons. The lowest BCUT2D eigenvalue weighted by atomic mass is 10.2. The quantitative estimate of drug-likeness (QED) is 0.937. The maximum atomic E-state index is 11.1. The zero-order valence-corrected chi connectivity index (χ0v) is 12.0. The second-order valence-corrected chi connectivity index (χ2v) is 5.70. The van der Waals surface area contributed by atoms with Crippen molar-refractivity contribution in [2.45, 2.75) is 6.54 Å². The third kappa shape index (κ3) is 2.88. The van der Waals surface area contributed by atoms with E-state index in [1.165, 1.54) is 12.3 Å². The van der Waals surface area contributed by atoms with Gasteiger partial charge in [-0.1, -0.05) is 0 Å². The molecule has 18 heavy (non-hydrogen) atoms. The Hall–Kier alpha value is -1.40. The molecule has 0 saturated carbocycles. The zero-order chi connectivity index (χ0) is 13.1. The average Bonchev–Trinajstić information content (AvgIpc) is 2.74. The summed E-state index contributed by atoms with van der Waals surface area (Å²) in [6.07, 6.45) is 3.06. The summed E-state index contributed by atoms with van der Waals surface area (Å²) in [5, 5.41) is 11.1. The van der Waals surface area contributed by atoms with Gasteiger partial charge in [-0.15, -0.1) is 11.3 Å². The van der Waals surface area contributed by atoms with Crippen LogP contribution in [0.3, 0.4) is 0 Å². The Morgan fingerprint density at radius 3 is 3.00 bits per heavy atom. The molecule has 6 heteroatoms. The molecule has 0 aliphatic carbocycles. The Labute approximate surface area is 117 Å². The highest BCUT2D eigenvalue weighted by atomic mass is 79.9. The summed E-state index contributed by atoms with van der Waals surface area (Å²) in [7, 11) is 1.86. The topological polar surface area (TPSA) is 53.4 Å². The summed E-state index contributed by atoms with van der Waals surface area (Å²) in [5.74, 6) is -0.938. The summed E-state index contributed by atoms with van der Waals surface area (Å²) < 4.78 is 1.04. The van der Waals surface area contributed by atoms with Gasteiger partial charge in [-0.25, -0.2) is 4.79 Å². The van der Waals surface area contributed by atoms with Crippen molar-refractivity contribution in [3.05, 3.63) is 44.8 Å². The standard InChI is InChI=1S/C12H11BrN2O2S/c1-15(6-9-4-8(13)7-18-9)11-5-14-3-2-10(11)12(16)17/h2-5,7H,6H2,1H3,(H,16,17). The van der Waals surface area contributed by atoms with Gasteiger partial charge in [0.25, 0.3) is 0 Å².